The summed E-state index contributed by atoms with van der Waals surface area (Å²) in [6, 6.07) is 55.7. The average Bonchev–Trinajstić information content (AvgIpc) is 3.77. The molecule has 2 aromatic heterocycles. The minimum Gasteiger partial charge on any atom is -0.456 e. The first-order chi connectivity index (χ1) is 25.2. The van der Waals surface area contributed by atoms with Crippen LogP contribution in [-0.2, 0) is 6.54 Å². The Morgan fingerprint density at radius 2 is 1.08 bits per heavy atom. The zero-order chi connectivity index (χ0) is 34.1. The number of benzene rings is 7. The fourth-order valence-electron chi connectivity index (χ4n) is 6.81. The fourth-order valence-corrected chi connectivity index (χ4v) is 6.81. The van der Waals surface area contributed by atoms with Gasteiger partial charge in [-0.25, -0.2) is 9.98 Å². The van der Waals surface area contributed by atoms with E-state index >= 15 is 0 Å². The van der Waals surface area contributed by atoms with Crippen molar-refractivity contribution in [1.29, 1.82) is 0 Å². The molecule has 0 aliphatic carbocycles. The SMILES string of the molecule is C=N/C(=N\C(=N/Cc1ccccc1)c1cccc2c1oc1ccccc12)c1cccc2oc3ccc(-c4ccc(-c5ccccc5)cc4)cc3c12. The van der Waals surface area contributed by atoms with Gasteiger partial charge in [-0.1, -0.05) is 133 Å². The van der Waals surface area contributed by atoms with Crippen molar-refractivity contribution in [1.82, 2.24) is 0 Å². The van der Waals surface area contributed by atoms with E-state index in [1.165, 1.54) is 11.1 Å². The molecule has 0 radical (unpaired) electrons. The minimum absolute atomic E-state index is 0.436. The summed E-state index contributed by atoms with van der Waals surface area (Å²) in [5.74, 6) is 0.954. The van der Waals surface area contributed by atoms with Crippen LogP contribution in [-0.4, -0.2) is 18.4 Å². The van der Waals surface area contributed by atoms with Gasteiger partial charge in [-0.3, -0.25) is 4.99 Å². The van der Waals surface area contributed by atoms with Crippen LogP contribution in [0.3, 0.4) is 0 Å². The third kappa shape index (κ3) is 5.61. The maximum Gasteiger partial charge on any atom is 0.161 e. The van der Waals surface area contributed by atoms with Crippen LogP contribution in [0.5, 0.6) is 0 Å². The van der Waals surface area contributed by atoms with Crippen molar-refractivity contribution in [3.05, 3.63) is 180 Å². The second-order valence-corrected chi connectivity index (χ2v) is 12.4. The lowest BCUT2D eigenvalue weighted by atomic mass is 9.98. The molecular formula is C46H31N3O2. The number of aliphatic imine (C=N–C) groups is 3. The number of nitrogens with zero attached hydrogens (tertiary/aromatic N) is 3. The van der Waals surface area contributed by atoms with E-state index in [0.717, 1.165) is 71.7 Å². The predicted octanol–water partition coefficient (Wildman–Crippen LogP) is 11.9. The first-order valence-corrected chi connectivity index (χ1v) is 16.9. The first-order valence-electron chi connectivity index (χ1n) is 16.9. The van der Waals surface area contributed by atoms with Crippen LogP contribution in [0.1, 0.15) is 16.7 Å². The largest absolute Gasteiger partial charge is 0.456 e. The van der Waals surface area contributed by atoms with E-state index in [2.05, 4.69) is 96.6 Å². The zero-order valence-corrected chi connectivity index (χ0v) is 27.7. The molecule has 5 heteroatoms. The minimum atomic E-state index is 0.436. The molecule has 0 spiro atoms. The summed E-state index contributed by atoms with van der Waals surface area (Å²) in [6.45, 7) is 4.42. The molecule has 0 saturated heterocycles. The Balaban J connectivity index is 1.18. The molecule has 7 aromatic carbocycles. The van der Waals surface area contributed by atoms with Crippen molar-refractivity contribution in [2.24, 2.45) is 15.0 Å². The second-order valence-electron chi connectivity index (χ2n) is 12.4. The number of amidine groups is 2. The summed E-state index contributed by atoms with van der Waals surface area (Å²) < 4.78 is 12.8. The monoisotopic (exact) mass is 657 g/mol. The van der Waals surface area contributed by atoms with Gasteiger partial charge in [0.1, 0.15) is 22.3 Å². The molecule has 0 saturated carbocycles. The Morgan fingerprint density at radius 3 is 1.88 bits per heavy atom. The van der Waals surface area contributed by atoms with Crippen molar-refractivity contribution in [2.45, 2.75) is 6.54 Å². The maximum atomic E-state index is 6.43. The molecule has 0 aliphatic rings. The molecule has 5 nitrogen and oxygen atoms in total. The van der Waals surface area contributed by atoms with Crippen LogP contribution in [0.25, 0.3) is 66.1 Å². The number of para-hydroxylation sites is 2. The summed E-state index contributed by atoms with van der Waals surface area (Å²) in [6.07, 6.45) is 0. The number of hydrogen-bond donors (Lipinski definition) is 0. The highest BCUT2D eigenvalue weighted by Gasteiger charge is 2.19. The molecule has 0 atom stereocenters. The van der Waals surface area contributed by atoms with Gasteiger partial charge in [-0.2, -0.15) is 0 Å². The molecule has 2 heterocycles. The summed E-state index contributed by atoms with van der Waals surface area (Å²) >= 11 is 0. The van der Waals surface area contributed by atoms with Crippen molar-refractivity contribution in [2.75, 3.05) is 0 Å². The van der Waals surface area contributed by atoms with Crippen molar-refractivity contribution >= 4 is 62.3 Å². The Morgan fingerprint density at radius 1 is 0.471 bits per heavy atom. The second kappa shape index (κ2) is 12.9. The fraction of sp³-hybridized carbons (Fsp3) is 0.0217. The van der Waals surface area contributed by atoms with Crippen molar-refractivity contribution in [3.63, 3.8) is 0 Å². The van der Waals surface area contributed by atoms with Gasteiger partial charge < -0.3 is 8.83 Å². The number of hydrogen-bond acceptors (Lipinski definition) is 3. The topological polar surface area (TPSA) is 63.4 Å². The lowest BCUT2D eigenvalue weighted by Crippen LogP contribution is -2.06. The number of furan rings is 2. The Hall–Kier alpha value is -6.85. The molecule has 0 unspecified atom stereocenters. The van der Waals surface area contributed by atoms with E-state index < -0.39 is 0 Å². The molecule has 9 aromatic rings. The maximum absolute atomic E-state index is 6.43. The summed E-state index contributed by atoms with van der Waals surface area (Å²) in [5, 5.41) is 3.95. The molecule has 0 aliphatic heterocycles. The summed E-state index contributed by atoms with van der Waals surface area (Å²) in [5.41, 5.74) is 10.3. The molecule has 0 fully saturated rings. The normalized spacial score (nSPS) is 12.3. The van der Waals surface area contributed by atoms with Gasteiger partial charge in [-0.15, -0.1) is 0 Å². The van der Waals surface area contributed by atoms with Crippen molar-refractivity contribution < 1.29 is 8.83 Å². The van der Waals surface area contributed by atoms with Gasteiger partial charge in [0, 0.05) is 27.1 Å². The van der Waals surface area contributed by atoms with Gasteiger partial charge in [0.2, 0.25) is 0 Å². The summed E-state index contributed by atoms with van der Waals surface area (Å²) in [4.78, 5) is 14.7. The quantitative estimate of drug-likeness (QED) is 0.132. The first kappa shape index (κ1) is 30.2. The third-order valence-corrected chi connectivity index (χ3v) is 9.32. The highest BCUT2D eigenvalue weighted by atomic mass is 16.3. The van der Waals surface area contributed by atoms with E-state index in [1.54, 1.807) is 0 Å². The predicted molar refractivity (Wildman–Crippen MR) is 211 cm³/mol. The van der Waals surface area contributed by atoms with E-state index in [9.17, 15) is 0 Å². The lowest BCUT2D eigenvalue weighted by molar-refractivity contribution is 0.668. The van der Waals surface area contributed by atoms with Crippen molar-refractivity contribution in [3.8, 4) is 22.3 Å². The van der Waals surface area contributed by atoms with Crippen LogP contribution in [0.15, 0.2) is 188 Å². The Kier molecular flexibility index (Phi) is 7.63. The molecule has 242 valence electrons. The molecule has 51 heavy (non-hydrogen) atoms. The molecule has 0 bridgehead atoms. The van der Waals surface area contributed by atoms with E-state index in [4.69, 9.17) is 18.8 Å². The lowest BCUT2D eigenvalue weighted by Gasteiger charge is -2.08. The van der Waals surface area contributed by atoms with Crippen LogP contribution >= 0.6 is 0 Å². The number of fused-ring (bicyclic) bond motifs is 6. The highest BCUT2D eigenvalue weighted by molar-refractivity contribution is 6.24. The average molecular weight is 658 g/mol. The molecule has 9 rings (SSSR count). The van der Waals surface area contributed by atoms with Gasteiger partial charge in [-0.05, 0) is 64.9 Å². The van der Waals surface area contributed by atoms with Crippen LogP contribution in [0.4, 0.5) is 0 Å². The summed E-state index contributed by atoms with van der Waals surface area (Å²) in [7, 11) is 0. The third-order valence-electron chi connectivity index (χ3n) is 9.32. The number of rotatable bonds is 6. The Bertz CT molecular complexity index is 2770. The molecular weight excluding hydrogens is 627 g/mol. The van der Waals surface area contributed by atoms with Gasteiger partial charge in [0.25, 0.3) is 0 Å². The van der Waals surface area contributed by atoms with Gasteiger partial charge in [0.15, 0.2) is 11.7 Å². The Labute approximate surface area is 294 Å². The van der Waals surface area contributed by atoms with Crippen LogP contribution in [0.2, 0.25) is 0 Å². The smallest absolute Gasteiger partial charge is 0.161 e. The standard InChI is InChI=1S/C46H31N3O2/c1-47-45(49-46(48-29-30-12-4-2-5-13-30)38-19-10-17-36-35-16-8-9-20-40(35)51-44(36)38)37-18-11-21-42-43(37)39-28-34(26-27-41(39)50-42)33-24-22-32(23-25-33)31-14-6-3-7-15-31/h2-28H,1,29H2/b48-46-,49-45-. The van der Waals surface area contributed by atoms with Crippen LogP contribution < -0.4 is 0 Å². The van der Waals surface area contributed by atoms with E-state index in [1.807, 2.05) is 78.9 Å². The van der Waals surface area contributed by atoms with E-state index in [-0.39, 0.29) is 0 Å². The van der Waals surface area contributed by atoms with Gasteiger partial charge in [0.05, 0.1) is 12.1 Å². The zero-order valence-electron chi connectivity index (χ0n) is 27.7. The molecule has 0 N–H and O–H groups in total. The molecule has 0 amide bonds. The van der Waals surface area contributed by atoms with Crippen LogP contribution in [0, 0.1) is 0 Å². The van der Waals surface area contributed by atoms with Gasteiger partial charge >= 0.3 is 0 Å². The highest BCUT2D eigenvalue weighted by Crippen LogP contribution is 2.36. The van der Waals surface area contributed by atoms with E-state index in [0.29, 0.717) is 18.2 Å².